The summed E-state index contributed by atoms with van der Waals surface area (Å²) in [6.07, 6.45) is 8.09. The summed E-state index contributed by atoms with van der Waals surface area (Å²) in [7, 11) is -3.25. The van der Waals surface area contributed by atoms with Crippen molar-refractivity contribution in [3.8, 4) is 0 Å². The van der Waals surface area contributed by atoms with Gasteiger partial charge in [-0.15, -0.1) is 0 Å². The number of sulfone groups is 1. The van der Waals surface area contributed by atoms with E-state index in [1.54, 1.807) is 4.90 Å². The Bertz CT molecular complexity index is 494. The fourth-order valence-electron chi connectivity index (χ4n) is 4.21. The van der Waals surface area contributed by atoms with Crippen LogP contribution in [0.1, 0.15) is 51.4 Å². The molecule has 5 nitrogen and oxygen atoms in total. The van der Waals surface area contributed by atoms with Gasteiger partial charge in [-0.1, -0.05) is 12.8 Å². The summed E-state index contributed by atoms with van der Waals surface area (Å²) in [6.45, 7) is 3.71. The molecule has 1 amide bonds. The van der Waals surface area contributed by atoms with Crippen molar-refractivity contribution in [3.63, 3.8) is 0 Å². The van der Waals surface area contributed by atoms with Crippen LogP contribution >= 0.6 is 0 Å². The van der Waals surface area contributed by atoms with Crippen molar-refractivity contribution in [2.75, 3.05) is 31.9 Å². The predicted octanol–water partition coefficient (Wildman–Crippen LogP) is 1.43. The zero-order chi connectivity index (χ0) is 15.6. The first-order valence-electron chi connectivity index (χ1n) is 8.80. The number of carbonyl (C=O) groups excluding carboxylic acids is 1. The van der Waals surface area contributed by atoms with Gasteiger partial charge in [0.25, 0.3) is 0 Å². The number of rotatable bonds is 4. The monoisotopic (exact) mass is 328 g/mol. The summed E-state index contributed by atoms with van der Waals surface area (Å²) in [6, 6.07) is 0.439. The van der Waals surface area contributed by atoms with E-state index < -0.39 is 9.84 Å². The quantitative estimate of drug-likeness (QED) is 0.783. The molecule has 1 aliphatic carbocycles. The molecule has 0 aromatic heterocycles. The van der Waals surface area contributed by atoms with E-state index >= 15 is 0 Å². The van der Waals surface area contributed by atoms with E-state index in [4.69, 9.17) is 0 Å². The summed E-state index contributed by atoms with van der Waals surface area (Å²) < 4.78 is 24.7. The molecule has 3 aliphatic rings. The lowest BCUT2D eigenvalue weighted by Crippen LogP contribution is -2.50. The zero-order valence-electron chi connectivity index (χ0n) is 13.4. The van der Waals surface area contributed by atoms with Crippen LogP contribution in [-0.4, -0.2) is 67.3 Å². The van der Waals surface area contributed by atoms with E-state index in [1.807, 2.05) is 0 Å². The molecular formula is C16H28N2O3S. The van der Waals surface area contributed by atoms with Crippen molar-refractivity contribution < 1.29 is 13.2 Å². The largest absolute Gasteiger partial charge is 0.340 e. The third kappa shape index (κ3) is 3.65. The average molecular weight is 328 g/mol. The maximum absolute atomic E-state index is 12.5. The van der Waals surface area contributed by atoms with Gasteiger partial charge in [0.15, 0.2) is 9.84 Å². The summed E-state index contributed by atoms with van der Waals surface area (Å²) in [4.78, 5) is 16.7. The summed E-state index contributed by atoms with van der Waals surface area (Å²) >= 11 is 0. The molecule has 0 N–H and O–H groups in total. The topological polar surface area (TPSA) is 57.7 Å². The van der Waals surface area contributed by atoms with Gasteiger partial charge in [-0.05, 0) is 51.6 Å². The highest BCUT2D eigenvalue weighted by atomic mass is 32.2. The summed E-state index contributed by atoms with van der Waals surface area (Å²) in [5, 5.41) is -0.268. The Morgan fingerprint density at radius 2 is 1.59 bits per heavy atom. The van der Waals surface area contributed by atoms with Gasteiger partial charge in [-0.3, -0.25) is 9.69 Å². The van der Waals surface area contributed by atoms with Crippen LogP contribution in [0.25, 0.3) is 0 Å². The Morgan fingerprint density at radius 1 is 0.909 bits per heavy atom. The highest BCUT2D eigenvalue weighted by Gasteiger charge is 2.34. The molecule has 22 heavy (non-hydrogen) atoms. The van der Waals surface area contributed by atoms with Gasteiger partial charge < -0.3 is 4.90 Å². The number of carbonyl (C=O) groups is 1. The van der Waals surface area contributed by atoms with Crippen LogP contribution < -0.4 is 0 Å². The molecule has 6 heteroatoms. The third-order valence-corrected chi connectivity index (χ3v) is 7.68. The highest BCUT2D eigenvalue weighted by Crippen LogP contribution is 2.26. The van der Waals surface area contributed by atoms with Crippen LogP contribution in [-0.2, 0) is 14.6 Å². The van der Waals surface area contributed by atoms with E-state index in [0.717, 1.165) is 64.7 Å². The van der Waals surface area contributed by atoms with Crippen LogP contribution in [0.15, 0.2) is 0 Å². The van der Waals surface area contributed by atoms with Crippen LogP contribution in [0.5, 0.6) is 0 Å². The lowest BCUT2D eigenvalue weighted by molar-refractivity contribution is -0.130. The smallest absolute Gasteiger partial charge is 0.237 e. The Balaban J connectivity index is 1.57. The second kappa shape index (κ2) is 6.87. The van der Waals surface area contributed by atoms with Crippen molar-refractivity contribution in [2.24, 2.45) is 0 Å². The van der Waals surface area contributed by atoms with Gasteiger partial charge in [0.1, 0.15) is 5.75 Å². The van der Waals surface area contributed by atoms with E-state index in [2.05, 4.69) is 4.90 Å². The molecule has 3 rings (SSSR count). The molecule has 2 saturated heterocycles. The maximum Gasteiger partial charge on any atom is 0.237 e. The van der Waals surface area contributed by atoms with Crippen LogP contribution in [0.2, 0.25) is 0 Å². The number of likely N-dealkylation sites (tertiary alicyclic amines) is 2. The zero-order valence-corrected chi connectivity index (χ0v) is 14.2. The van der Waals surface area contributed by atoms with Gasteiger partial charge >= 0.3 is 0 Å². The number of hydrogen-bond donors (Lipinski definition) is 0. The van der Waals surface area contributed by atoms with Crippen molar-refractivity contribution in [2.45, 2.75) is 62.7 Å². The van der Waals surface area contributed by atoms with Gasteiger partial charge in [0.2, 0.25) is 5.91 Å². The molecule has 1 saturated carbocycles. The highest BCUT2D eigenvalue weighted by molar-refractivity contribution is 7.92. The van der Waals surface area contributed by atoms with E-state index in [-0.39, 0.29) is 16.9 Å². The number of nitrogens with zero attached hydrogens (tertiary/aromatic N) is 2. The maximum atomic E-state index is 12.5. The number of piperidine rings is 1. The lowest BCUT2D eigenvalue weighted by Gasteiger charge is -2.37. The molecule has 0 radical (unpaired) electrons. The molecule has 0 bridgehead atoms. The third-order valence-electron chi connectivity index (χ3n) is 5.54. The van der Waals surface area contributed by atoms with Gasteiger partial charge in [-0.2, -0.15) is 0 Å². The van der Waals surface area contributed by atoms with Crippen LogP contribution in [0.4, 0.5) is 0 Å². The minimum Gasteiger partial charge on any atom is -0.340 e. The van der Waals surface area contributed by atoms with Crippen molar-refractivity contribution in [1.82, 2.24) is 9.80 Å². The fourth-order valence-corrected chi connectivity index (χ4v) is 6.03. The number of hydrogen-bond acceptors (Lipinski definition) is 4. The van der Waals surface area contributed by atoms with Crippen molar-refractivity contribution in [1.29, 1.82) is 0 Å². The second-order valence-corrected chi connectivity index (χ2v) is 9.37. The first-order chi connectivity index (χ1) is 10.6. The fraction of sp³-hybridized carbons (Fsp3) is 0.938. The lowest BCUT2D eigenvalue weighted by atomic mass is 10.0. The Kier molecular flexibility index (Phi) is 5.07. The molecule has 1 atom stereocenters. The van der Waals surface area contributed by atoms with Crippen LogP contribution in [0, 0.1) is 0 Å². The Morgan fingerprint density at radius 3 is 2.27 bits per heavy atom. The second-order valence-electron chi connectivity index (χ2n) is 7.09. The van der Waals surface area contributed by atoms with Gasteiger partial charge in [-0.25, -0.2) is 8.42 Å². The summed E-state index contributed by atoms with van der Waals surface area (Å²) in [5.74, 6) is -0.444. The Hall–Kier alpha value is -0.620. The molecule has 126 valence electrons. The standard InChI is InChI=1S/C16H28N2O3S/c19-16(13-22(20,21)15-7-1-2-8-15)18-11-5-6-14(12-18)17-9-3-4-10-17/h14-15H,1-13H2/t14-/m0/s1. The molecule has 3 fully saturated rings. The van der Waals surface area contributed by atoms with Crippen molar-refractivity contribution >= 4 is 15.7 Å². The molecule has 2 aliphatic heterocycles. The summed E-state index contributed by atoms with van der Waals surface area (Å²) in [5.41, 5.74) is 0. The Labute approximate surface area is 134 Å². The first kappa shape index (κ1) is 16.2. The minimum atomic E-state index is -3.25. The molecule has 2 heterocycles. The minimum absolute atomic E-state index is 0.171. The molecule has 0 spiro atoms. The molecular weight excluding hydrogens is 300 g/mol. The van der Waals surface area contributed by atoms with Crippen molar-refractivity contribution in [3.05, 3.63) is 0 Å². The molecule has 0 unspecified atom stereocenters. The van der Waals surface area contributed by atoms with Gasteiger partial charge in [0.05, 0.1) is 5.25 Å². The average Bonchev–Trinajstić information content (AvgIpc) is 3.20. The first-order valence-corrected chi connectivity index (χ1v) is 10.5. The van der Waals surface area contributed by atoms with Gasteiger partial charge in [0, 0.05) is 19.1 Å². The van der Waals surface area contributed by atoms with E-state index in [9.17, 15) is 13.2 Å². The SMILES string of the molecule is O=C(CS(=O)(=O)C1CCCC1)N1CCC[C@H](N2CCCC2)C1. The normalized spacial score (nSPS) is 28.4. The van der Waals surface area contributed by atoms with E-state index in [1.165, 1.54) is 12.8 Å². The predicted molar refractivity (Wildman–Crippen MR) is 86.5 cm³/mol. The number of amides is 1. The van der Waals surface area contributed by atoms with Crippen LogP contribution in [0.3, 0.4) is 0 Å². The van der Waals surface area contributed by atoms with E-state index in [0.29, 0.717) is 6.04 Å². The molecule has 0 aromatic carbocycles. The molecule has 0 aromatic rings.